The third kappa shape index (κ3) is 3.08. The van der Waals surface area contributed by atoms with E-state index in [4.69, 9.17) is 11.6 Å². The van der Waals surface area contributed by atoms with Crippen molar-refractivity contribution in [1.82, 2.24) is 9.78 Å². The first-order valence-electron chi connectivity index (χ1n) is 3.22. The molecule has 0 N–H and O–H groups in total. The second-order valence-corrected chi connectivity index (χ2v) is 3.23. The third-order valence-electron chi connectivity index (χ3n) is 1.15. The number of halogens is 2. The van der Waals surface area contributed by atoms with Crippen LogP contribution in [0.15, 0.2) is 29.0 Å². The van der Waals surface area contributed by atoms with Gasteiger partial charge in [0, 0.05) is 12.1 Å². The van der Waals surface area contributed by atoms with E-state index in [0.717, 1.165) is 11.0 Å². The lowest BCUT2D eigenvalue weighted by atomic mass is 10.5. The van der Waals surface area contributed by atoms with Gasteiger partial charge < -0.3 is 0 Å². The molecule has 2 nitrogen and oxygen atoms in total. The highest BCUT2D eigenvalue weighted by Crippen LogP contribution is 2.05. The molecule has 1 heterocycles. The van der Waals surface area contributed by atoms with Crippen molar-refractivity contribution in [3.63, 3.8) is 0 Å². The van der Waals surface area contributed by atoms with Crippen molar-refractivity contribution in [3.8, 4) is 0 Å². The van der Waals surface area contributed by atoms with Crippen LogP contribution < -0.4 is 0 Å². The number of allylic oxidation sites excluding steroid dienone is 2. The molecule has 4 heteroatoms. The number of hydrogen-bond donors (Lipinski definition) is 0. The smallest absolute Gasteiger partial charge is 0.0632 e. The molecule has 0 bridgehead atoms. The lowest BCUT2D eigenvalue weighted by Gasteiger charge is -1.91. The van der Waals surface area contributed by atoms with Crippen molar-refractivity contribution in [1.29, 1.82) is 0 Å². The Balaban J connectivity index is 2.45. The van der Waals surface area contributed by atoms with E-state index in [-0.39, 0.29) is 0 Å². The highest BCUT2D eigenvalue weighted by atomic mass is 79.9. The van der Waals surface area contributed by atoms with Gasteiger partial charge in [-0.2, -0.15) is 5.10 Å². The molecule has 0 aliphatic carbocycles. The Bertz CT molecular complexity index is 244. The molecule has 0 radical (unpaired) electrons. The molecular weight excluding hydrogens is 227 g/mol. The predicted molar refractivity (Wildman–Crippen MR) is 49.8 cm³/mol. The van der Waals surface area contributed by atoms with E-state index >= 15 is 0 Å². The van der Waals surface area contributed by atoms with Crippen molar-refractivity contribution in [3.05, 3.63) is 29.0 Å². The Labute approximate surface area is 79.0 Å². The molecule has 11 heavy (non-hydrogen) atoms. The maximum absolute atomic E-state index is 5.45. The average Bonchev–Trinajstić information content (AvgIpc) is 2.37. The van der Waals surface area contributed by atoms with Crippen LogP contribution in [0, 0.1) is 0 Å². The van der Waals surface area contributed by atoms with Crippen molar-refractivity contribution < 1.29 is 0 Å². The van der Waals surface area contributed by atoms with E-state index in [9.17, 15) is 0 Å². The van der Waals surface area contributed by atoms with Gasteiger partial charge in [-0.1, -0.05) is 12.2 Å². The van der Waals surface area contributed by atoms with Gasteiger partial charge in [0.1, 0.15) is 0 Å². The van der Waals surface area contributed by atoms with Crippen molar-refractivity contribution in [2.75, 3.05) is 5.88 Å². The molecule has 0 atom stereocenters. The molecular formula is C7H8BrClN2. The quantitative estimate of drug-likeness (QED) is 0.581. The summed E-state index contributed by atoms with van der Waals surface area (Å²) in [6.07, 6.45) is 7.55. The van der Waals surface area contributed by atoms with Crippen LogP contribution in [0.2, 0.25) is 0 Å². The maximum atomic E-state index is 5.45. The van der Waals surface area contributed by atoms with E-state index < -0.39 is 0 Å². The van der Waals surface area contributed by atoms with E-state index in [2.05, 4.69) is 21.0 Å². The second kappa shape index (κ2) is 4.57. The molecule has 0 aliphatic rings. The van der Waals surface area contributed by atoms with Gasteiger partial charge in [0.05, 0.1) is 17.2 Å². The molecule has 0 unspecified atom stereocenters. The minimum absolute atomic E-state index is 0.558. The fourth-order valence-electron chi connectivity index (χ4n) is 0.684. The molecule has 60 valence electrons. The summed E-state index contributed by atoms with van der Waals surface area (Å²) in [6, 6.07) is 0. The monoisotopic (exact) mass is 234 g/mol. The van der Waals surface area contributed by atoms with Gasteiger partial charge in [-0.25, -0.2) is 0 Å². The fourth-order valence-corrected chi connectivity index (χ4v) is 1.14. The summed E-state index contributed by atoms with van der Waals surface area (Å²) in [6.45, 7) is 0.776. The molecule has 1 aromatic heterocycles. The summed E-state index contributed by atoms with van der Waals surface area (Å²) in [4.78, 5) is 0. The Kier molecular flexibility index (Phi) is 3.66. The minimum Gasteiger partial charge on any atom is -0.268 e. The first-order valence-corrected chi connectivity index (χ1v) is 4.54. The summed E-state index contributed by atoms with van der Waals surface area (Å²) >= 11 is 8.75. The highest BCUT2D eigenvalue weighted by molar-refractivity contribution is 9.10. The normalized spacial score (nSPS) is 11.1. The van der Waals surface area contributed by atoms with Gasteiger partial charge in [0.25, 0.3) is 0 Å². The maximum Gasteiger partial charge on any atom is 0.0632 e. The summed E-state index contributed by atoms with van der Waals surface area (Å²) in [5, 5.41) is 4.06. The van der Waals surface area contributed by atoms with Crippen molar-refractivity contribution in [2.45, 2.75) is 6.54 Å². The number of alkyl halides is 1. The zero-order valence-electron chi connectivity index (χ0n) is 5.87. The average molecular weight is 236 g/mol. The summed E-state index contributed by atoms with van der Waals surface area (Å²) in [5.74, 6) is 0.558. The van der Waals surface area contributed by atoms with Gasteiger partial charge in [0.15, 0.2) is 0 Å². The fraction of sp³-hybridized carbons (Fsp3) is 0.286. The van der Waals surface area contributed by atoms with Gasteiger partial charge in [0.2, 0.25) is 0 Å². The van der Waals surface area contributed by atoms with Crippen LogP contribution in [0.4, 0.5) is 0 Å². The van der Waals surface area contributed by atoms with Crippen LogP contribution in [0.5, 0.6) is 0 Å². The second-order valence-electron chi connectivity index (χ2n) is 2.01. The summed E-state index contributed by atoms with van der Waals surface area (Å²) in [5.41, 5.74) is 0. The van der Waals surface area contributed by atoms with Crippen molar-refractivity contribution >= 4 is 27.5 Å². The lowest BCUT2D eigenvalue weighted by molar-refractivity contribution is 0.701. The number of hydrogen-bond acceptors (Lipinski definition) is 1. The molecule has 0 saturated carbocycles. The first-order chi connectivity index (χ1) is 5.33. The molecule has 0 spiro atoms. The van der Waals surface area contributed by atoms with Gasteiger partial charge in [-0.15, -0.1) is 11.6 Å². The van der Waals surface area contributed by atoms with Crippen LogP contribution in [0.1, 0.15) is 0 Å². The van der Waals surface area contributed by atoms with Crippen LogP contribution in [0.3, 0.4) is 0 Å². The van der Waals surface area contributed by atoms with Gasteiger partial charge in [-0.3, -0.25) is 4.68 Å². The molecule has 1 rings (SSSR count). The molecule has 0 saturated heterocycles. The standard InChI is InChI=1S/C7H8BrClN2/c8-7-5-10-11(6-7)4-2-1-3-9/h1-2,5-6H,3-4H2. The van der Waals surface area contributed by atoms with E-state index in [0.29, 0.717) is 5.88 Å². The SMILES string of the molecule is ClCC=CCn1cc(Br)cn1. The molecule has 1 aromatic rings. The summed E-state index contributed by atoms with van der Waals surface area (Å²) in [7, 11) is 0. The Morgan fingerprint density at radius 3 is 3.00 bits per heavy atom. The summed E-state index contributed by atoms with van der Waals surface area (Å²) < 4.78 is 2.82. The Morgan fingerprint density at radius 1 is 1.64 bits per heavy atom. The zero-order valence-corrected chi connectivity index (χ0v) is 8.22. The Hall–Kier alpha value is -0.280. The largest absolute Gasteiger partial charge is 0.268 e. The lowest BCUT2D eigenvalue weighted by Crippen LogP contribution is -1.94. The van der Waals surface area contributed by atoms with E-state index in [1.165, 1.54) is 0 Å². The third-order valence-corrected chi connectivity index (χ3v) is 1.74. The van der Waals surface area contributed by atoms with Gasteiger partial charge in [-0.05, 0) is 15.9 Å². The molecule has 0 aliphatic heterocycles. The minimum atomic E-state index is 0.558. The zero-order chi connectivity index (χ0) is 8.10. The Morgan fingerprint density at radius 2 is 2.45 bits per heavy atom. The molecule has 0 aromatic carbocycles. The molecule has 0 amide bonds. The number of rotatable bonds is 3. The first kappa shape index (κ1) is 8.81. The highest BCUT2D eigenvalue weighted by Gasteiger charge is 1.89. The van der Waals surface area contributed by atoms with Gasteiger partial charge >= 0.3 is 0 Å². The predicted octanol–water partition coefficient (Wildman–Crippen LogP) is 2.44. The number of aromatic nitrogens is 2. The van der Waals surface area contributed by atoms with Crippen LogP contribution in [-0.2, 0) is 6.54 Å². The van der Waals surface area contributed by atoms with Crippen LogP contribution in [-0.4, -0.2) is 15.7 Å². The van der Waals surface area contributed by atoms with Crippen molar-refractivity contribution in [2.24, 2.45) is 0 Å². The topological polar surface area (TPSA) is 17.8 Å². The number of nitrogens with zero attached hydrogens (tertiary/aromatic N) is 2. The van der Waals surface area contributed by atoms with E-state index in [1.54, 1.807) is 6.20 Å². The molecule has 0 fully saturated rings. The van der Waals surface area contributed by atoms with Crippen LogP contribution >= 0.6 is 27.5 Å². The van der Waals surface area contributed by atoms with Crippen LogP contribution in [0.25, 0.3) is 0 Å². The van der Waals surface area contributed by atoms with E-state index in [1.807, 2.05) is 23.0 Å².